The molecule has 0 fully saturated rings. The smallest absolute Gasteiger partial charge is 0.166 e. The van der Waals surface area contributed by atoms with Crippen molar-refractivity contribution in [2.24, 2.45) is 0 Å². The molecule has 0 aliphatic carbocycles. The first kappa shape index (κ1) is 12.2. The van der Waals surface area contributed by atoms with E-state index in [-0.39, 0.29) is 22.4 Å². The van der Waals surface area contributed by atoms with Crippen LogP contribution in [0.1, 0.15) is 10.4 Å². The average molecular weight is 249 g/mol. The number of pyridine rings is 1. The number of carbonyl (C=O) groups is 1. The lowest BCUT2D eigenvalue weighted by Gasteiger charge is -2.09. The van der Waals surface area contributed by atoms with E-state index in [9.17, 15) is 13.6 Å². The molecule has 3 nitrogen and oxygen atoms in total. The van der Waals surface area contributed by atoms with Gasteiger partial charge in [0.15, 0.2) is 17.9 Å². The molecule has 18 heavy (non-hydrogen) atoms. The number of rotatable bonds is 3. The number of aromatic nitrogens is 1. The van der Waals surface area contributed by atoms with Crippen LogP contribution in [0.4, 0.5) is 8.78 Å². The molecule has 1 aromatic heterocycles. The Morgan fingerprint density at radius 3 is 2.67 bits per heavy atom. The maximum absolute atomic E-state index is 13.7. The number of hydrogen-bond donors (Lipinski definition) is 0. The minimum atomic E-state index is -1.02. The molecule has 0 aliphatic rings. The van der Waals surface area contributed by atoms with Crippen LogP contribution in [0, 0.1) is 11.6 Å². The lowest BCUT2D eigenvalue weighted by atomic mass is 10.0. The van der Waals surface area contributed by atoms with E-state index in [4.69, 9.17) is 4.74 Å². The summed E-state index contributed by atoms with van der Waals surface area (Å²) in [6.45, 7) is 0. The van der Waals surface area contributed by atoms with Crippen LogP contribution in [0.15, 0.2) is 30.6 Å². The maximum atomic E-state index is 13.7. The molecule has 0 N–H and O–H groups in total. The molecule has 1 heterocycles. The SMILES string of the molecule is COc1cncc(-c2cccc(F)c2F)c1C=O. The fraction of sp³-hybridized carbons (Fsp3) is 0.0769. The van der Waals surface area contributed by atoms with Crippen LogP contribution >= 0.6 is 0 Å². The van der Waals surface area contributed by atoms with Crippen LogP contribution in [-0.2, 0) is 0 Å². The van der Waals surface area contributed by atoms with Crippen molar-refractivity contribution in [3.05, 3.63) is 47.8 Å². The lowest BCUT2D eigenvalue weighted by molar-refractivity contribution is 0.112. The molecule has 1 aromatic carbocycles. The summed E-state index contributed by atoms with van der Waals surface area (Å²) in [6, 6.07) is 3.75. The Bertz CT molecular complexity index is 600. The van der Waals surface area contributed by atoms with Crippen LogP contribution in [0.25, 0.3) is 11.1 Å². The van der Waals surface area contributed by atoms with Gasteiger partial charge in [0, 0.05) is 17.3 Å². The van der Waals surface area contributed by atoms with Gasteiger partial charge in [-0.25, -0.2) is 8.78 Å². The first-order valence-electron chi connectivity index (χ1n) is 5.10. The molecule has 0 unspecified atom stereocenters. The molecule has 2 rings (SSSR count). The van der Waals surface area contributed by atoms with Gasteiger partial charge in [-0.05, 0) is 6.07 Å². The normalized spacial score (nSPS) is 10.2. The van der Waals surface area contributed by atoms with Gasteiger partial charge in [0.2, 0.25) is 0 Å². The summed E-state index contributed by atoms with van der Waals surface area (Å²) in [4.78, 5) is 14.9. The molecule has 92 valence electrons. The number of methoxy groups -OCH3 is 1. The highest BCUT2D eigenvalue weighted by atomic mass is 19.2. The predicted octanol–water partition coefficient (Wildman–Crippen LogP) is 2.85. The monoisotopic (exact) mass is 249 g/mol. The van der Waals surface area contributed by atoms with Crippen molar-refractivity contribution in [3.63, 3.8) is 0 Å². The summed E-state index contributed by atoms with van der Waals surface area (Å²) in [7, 11) is 1.37. The van der Waals surface area contributed by atoms with E-state index in [2.05, 4.69) is 4.98 Å². The van der Waals surface area contributed by atoms with Gasteiger partial charge in [0.1, 0.15) is 5.75 Å². The topological polar surface area (TPSA) is 39.2 Å². The molecule has 0 saturated carbocycles. The predicted molar refractivity (Wildman–Crippen MR) is 61.5 cm³/mol. The number of ether oxygens (including phenoxy) is 1. The molecule has 0 amide bonds. The quantitative estimate of drug-likeness (QED) is 0.785. The zero-order chi connectivity index (χ0) is 13.1. The Morgan fingerprint density at radius 1 is 1.22 bits per heavy atom. The van der Waals surface area contributed by atoms with Gasteiger partial charge in [-0.3, -0.25) is 9.78 Å². The highest BCUT2D eigenvalue weighted by molar-refractivity contribution is 5.90. The highest BCUT2D eigenvalue weighted by Gasteiger charge is 2.16. The van der Waals surface area contributed by atoms with Gasteiger partial charge in [0.05, 0.1) is 18.9 Å². The van der Waals surface area contributed by atoms with Crippen LogP contribution in [-0.4, -0.2) is 18.4 Å². The summed E-state index contributed by atoms with van der Waals surface area (Å²) in [5.74, 6) is -1.78. The number of aldehydes is 1. The molecule has 0 spiro atoms. The van der Waals surface area contributed by atoms with Crippen LogP contribution in [0.5, 0.6) is 5.75 Å². The highest BCUT2D eigenvalue weighted by Crippen LogP contribution is 2.30. The maximum Gasteiger partial charge on any atom is 0.166 e. The molecule has 0 aliphatic heterocycles. The summed E-state index contributed by atoms with van der Waals surface area (Å²) in [6.07, 6.45) is 3.16. The van der Waals surface area contributed by atoms with Crippen molar-refractivity contribution in [1.29, 1.82) is 0 Å². The first-order chi connectivity index (χ1) is 8.69. The Kier molecular flexibility index (Phi) is 3.32. The third-order valence-electron chi connectivity index (χ3n) is 2.53. The van der Waals surface area contributed by atoms with Crippen LogP contribution in [0.2, 0.25) is 0 Å². The zero-order valence-electron chi connectivity index (χ0n) is 9.48. The van der Waals surface area contributed by atoms with Crippen molar-refractivity contribution in [2.75, 3.05) is 7.11 Å². The van der Waals surface area contributed by atoms with Crippen molar-refractivity contribution in [1.82, 2.24) is 4.98 Å². The Morgan fingerprint density at radius 2 is 2.00 bits per heavy atom. The van der Waals surface area contributed by atoms with E-state index in [1.165, 1.54) is 31.6 Å². The lowest BCUT2D eigenvalue weighted by Crippen LogP contribution is -1.98. The molecule has 2 aromatic rings. The van der Waals surface area contributed by atoms with E-state index >= 15 is 0 Å². The zero-order valence-corrected chi connectivity index (χ0v) is 9.48. The molecule has 0 radical (unpaired) electrons. The second-order valence-electron chi connectivity index (χ2n) is 3.52. The fourth-order valence-electron chi connectivity index (χ4n) is 1.66. The van der Waals surface area contributed by atoms with E-state index in [1.807, 2.05) is 0 Å². The van der Waals surface area contributed by atoms with Crippen molar-refractivity contribution >= 4 is 6.29 Å². The minimum absolute atomic E-state index is 0.0245. The average Bonchev–Trinajstić information content (AvgIpc) is 2.41. The minimum Gasteiger partial charge on any atom is -0.494 e. The number of benzene rings is 1. The van der Waals surface area contributed by atoms with E-state index < -0.39 is 11.6 Å². The first-order valence-corrected chi connectivity index (χ1v) is 5.10. The third-order valence-corrected chi connectivity index (χ3v) is 2.53. The van der Waals surface area contributed by atoms with E-state index in [1.54, 1.807) is 0 Å². The summed E-state index contributed by atoms with van der Waals surface area (Å²) < 4.78 is 31.8. The largest absolute Gasteiger partial charge is 0.494 e. The van der Waals surface area contributed by atoms with Crippen molar-refractivity contribution in [2.45, 2.75) is 0 Å². The Hall–Kier alpha value is -2.30. The number of halogens is 2. The second kappa shape index (κ2) is 4.91. The number of hydrogen-bond acceptors (Lipinski definition) is 3. The van der Waals surface area contributed by atoms with Crippen molar-refractivity contribution in [3.8, 4) is 16.9 Å². The van der Waals surface area contributed by atoms with E-state index in [0.29, 0.717) is 6.29 Å². The fourth-order valence-corrected chi connectivity index (χ4v) is 1.66. The third kappa shape index (κ3) is 1.95. The number of nitrogens with zero attached hydrogens (tertiary/aromatic N) is 1. The Labute approximate surface area is 102 Å². The molecular weight excluding hydrogens is 240 g/mol. The molecule has 5 heteroatoms. The van der Waals surface area contributed by atoms with Gasteiger partial charge in [-0.15, -0.1) is 0 Å². The van der Waals surface area contributed by atoms with Crippen molar-refractivity contribution < 1.29 is 18.3 Å². The van der Waals surface area contributed by atoms with Gasteiger partial charge < -0.3 is 4.74 Å². The van der Waals surface area contributed by atoms with Gasteiger partial charge in [-0.2, -0.15) is 0 Å². The summed E-state index contributed by atoms with van der Waals surface area (Å²) in [5.41, 5.74) is 0.307. The molecule has 0 atom stereocenters. The molecular formula is C13H9F2NO2. The molecule has 0 bridgehead atoms. The number of carbonyl (C=O) groups excluding carboxylic acids is 1. The Balaban J connectivity index is 2.71. The summed E-state index contributed by atoms with van der Waals surface area (Å²) in [5, 5.41) is 0. The standard InChI is InChI=1S/C13H9F2NO2/c1-18-12-6-16-5-9(10(12)7-17)8-3-2-4-11(14)13(8)15/h2-7H,1H3. The molecule has 0 saturated heterocycles. The summed E-state index contributed by atoms with van der Waals surface area (Å²) >= 11 is 0. The van der Waals surface area contributed by atoms with Crippen LogP contribution < -0.4 is 4.74 Å². The van der Waals surface area contributed by atoms with Crippen LogP contribution in [0.3, 0.4) is 0 Å². The second-order valence-corrected chi connectivity index (χ2v) is 3.52. The van der Waals surface area contributed by atoms with Gasteiger partial charge >= 0.3 is 0 Å². The van der Waals surface area contributed by atoms with E-state index in [0.717, 1.165) is 6.07 Å². The van der Waals surface area contributed by atoms with Gasteiger partial charge in [-0.1, -0.05) is 12.1 Å². The van der Waals surface area contributed by atoms with Gasteiger partial charge in [0.25, 0.3) is 0 Å².